The Bertz CT molecular complexity index is 1410. The molecule has 0 radical (unpaired) electrons. The molecule has 2 saturated heterocycles. The van der Waals surface area contributed by atoms with Crippen LogP contribution in [0.5, 0.6) is 0 Å². The maximum absolute atomic E-state index is 13.8. The van der Waals surface area contributed by atoms with E-state index in [1.807, 2.05) is 0 Å². The lowest BCUT2D eigenvalue weighted by Gasteiger charge is -2.44. The van der Waals surface area contributed by atoms with E-state index < -0.39 is 69.8 Å². The van der Waals surface area contributed by atoms with Gasteiger partial charge in [0.15, 0.2) is 17.5 Å². The molecule has 2 fully saturated rings. The van der Waals surface area contributed by atoms with Gasteiger partial charge in [-0.1, -0.05) is 10.4 Å². The van der Waals surface area contributed by atoms with Crippen molar-refractivity contribution in [3.05, 3.63) is 35.8 Å². The Hall–Kier alpha value is -2.63. The van der Waals surface area contributed by atoms with Crippen LogP contribution in [0.1, 0.15) is 45.6 Å². The summed E-state index contributed by atoms with van der Waals surface area (Å²) >= 11 is 0. The van der Waals surface area contributed by atoms with E-state index in [2.05, 4.69) is 15.5 Å². The number of rotatable bonds is 9. The molecule has 6 atom stereocenters. The number of aliphatic hydroxyl groups is 2. The Morgan fingerprint density at radius 3 is 2.42 bits per heavy atom. The fraction of sp³-hybridized carbons (Fsp3) is 0.667. The van der Waals surface area contributed by atoms with Crippen LogP contribution in [-0.2, 0) is 24.3 Å². The van der Waals surface area contributed by atoms with Crippen molar-refractivity contribution < 1.29 is 46.1 Å². The van der Waals surface area contributed by atoms with Gasteiger partial charge >= 0.3 is 0 Å². The number of oxime groups is 1. The van der Waals surface area contributed by atoms with Crippen LogP contribution in [0, 0.1) is 23.4 Å². The van der Waals surface area contributed by atoms with Gasteiger partial charge in [0.1, 0.15) is 36.2 Å². The molecule has 238 valence electrons. The lowest BCUT2D eigenvalue weighted by molar-refractivity contribution is -0.219. The summed E-state index contributed by atoms with van der Waals surface area (Å²) in [6, 6.07) is 0.677. The number of halogens is 3. The highest BCUT2D eigenvalue weighted by Crippen LogP contribution is 2.36. The van der Waals surface area contributed by atoms with E-state index in [0.717, 1.165) is 17.8 Å². The number of aromatic nitrogens is 3. The van der Waals surface area contributed by atoms with Gasteiger partial charge in [0.2, 0.25) is 10.0 Å². The summed E-state index contributed by atoms with van der Waals surface area (Å²) in [6.45, 7) is 3.66. The van der Waals surface area contributed by atoms with Gasteiger partial charge in [-0.05, 0) is 38.8 Å². The predicted molar refractivity (Wildman–Crippen MR) is 147 cm³/mol. The smallest absolute Gasteiger partial charge is 0.216 e. The van der Waals surface area contributed by atoms with E-state index in [1.165, 1.54) is 22.3 Å². The quantitative estimate of drug-likeness (QED) is 0.397. The molecule has 1 aromatic heterocycles. The van der Waals surface area contributed by atoms with Gasteiger partial charge in [-0.15, -0.1) is 5.10 Å². The molecule has 1 aromatic carbocycles. The number of methoxy groups -OCH3 is 1. The molecule has 4 heterocycles. The van der Waals surface area contributed by atoms with E-state index in [1.54, 1.807) is 13.8 Å². The Kier molecular flexibility index (Phi) is 9.44. The number of benzene rings is 1. The molecule has 12 nitrogen and oxygen atoms in total. The monoisotopic (exact) mass is 631 g/mol. The van der Waals surface area contributed by atoms with E-state index in [9.17, 15) is 31.8 Å². The Balaban J connectivity index is 1.27. The van der Waals surface area contributed by atoms with Crippen LogP contribution in [0.15, 0.2) is 23.5 Å². The molecule has 0 amide bonds. The molecule has 3 aliphatic rings. The molecule has 43 heavy (non-hydrogen) atoms. The number of piperidine rings is 1. The van der Waals surface area contributed by atoms with Crippen molar-refractivity contribution in [2.75, 3.05) is 26.8 Å². The normalized spacial score (nSPS) is 29.2. The number of hydrogen-bond acceptors (Lipinski definition) is 10. The second-order valence-corrected chi connectivity index (χ2v) is 13.9. The molecular formula is C27H36F3N5O7S. The number of aliphatic hydroxyl groups excluding tert-OH is 2. The molecular weight excluding hydrogens is 595 g/mol. The molecule has 3 aliphatic heterocycles. The van der Waals surface area contributed by atoms with Crippen LogP contribution in [0.2, 0.25) is 0 Å². The summed E-state index contributed by atoms with van der Waals surface area (Å²) in [6.07, 6.45) is -0.741. The third-order valence-electron chi connectivity index (χ3n) is 8.46. The van der Waals surface area contributed by atoms with E-state index in [-0.39, 0.29) is 23.3 Å². The first-order valence-electron chi connectivity index (χ1n) is 14.2. The van der Waals surface area contributed by atoms with Gasteiger partial charge in [0.25, 0.3) is 0 Å². The van der Waals surface area contributed by atoms with Crippen LogP contribution in [0.25, 0.3) is 11.3 Å². The van der Waals surface area contributed by atoms with Crippen molar-refractivity contribution in [3.63, 3.8) is 0 Å². The highest BCUT2D eigenvalue weighted by Gasteiger charge is 2.48. The first kappa shape index (κ1) is 31.8. The average molecular weight is 632 g/mol. The second kappa shape index (κ2) is 12.8. The lowest BCUT2D eigenvalue weighted by Crippen LogP contribution is -2.57. The maximum Gasteiger partial charge on any atom is 0.216 e. The zero-order valence-electron chi connectivity index (χ0n) is 24.0. The predicted octanol–water partition coefficient (Wildman–Crippen LogP) is 2.02. The van der Waals surface area contributed by atoms with Crippen molar-refractivity contribution in [1.29, 1.82) is 0 Å². The number of sulfonamides is 1. The first-order valence-corrected chi connectivity index (χ1v) is 15.7. The molecule has 0 spiro atoms. The molecule has 16 heteroatoms. The standard InChI is InChI=1S/C27H36F3N5O7S/c1-14(2)43(38,39)34-6-4-15(5-7-34)20-10-17(42-32-20)11-22-27(40-3)25(26(37)23(13-36)41-22)35-12-21(31-33-35)16-8-18(28)24(30)19(29)9-16/h8-9,12,14-15,17,22-23,25-27,36-37H,4-7,10-11,13H2,1-3H3/t17-,22-,23-,25+,26+,27+/m1/s1. The second-order valence-electron chi connectivity index (χ2n) is 11.4. The molecule has 0 aliphatic carbocycles. The third kappa shape index (κ3) is 6.31. The van der Waals surface area contributed by atoms with Crippen LogP contribution in [-0.4, -0.2) is 106 Å². The third-order valence-corrected chi connectivity index (χ3v) is 10.7. The van der Waals surface area contributed by atoms with Gasteiger partial charge < -0.3 is 24.5 Å². The van der Waals surface area contributed by atoms with E-state index >= 15 is 0 Å². The zero-order valence-corrected chi connectivity index (χ0v) is 24.8. The van der Waals surface area contributed by atoms with Gasteiger partial charge in [0.05, 0.1) is 29.9 Å². The van der Waals surface area contributed by atoms with E-state index in [0.29, 0.717) is 38.8 Å². The minimum atomic E-state index is -3.32. The summed E-state index contributed by atoms with van der Waals surface area (Å²) in [5.41, 5.74) is 0.837. The minimum Gasteiger partial charge on any atom is -0.394 e. The first-order chi connectivity index (χ1) is 20.4. The van der Waals surface area contributed by atoms with Gasteiger partial charge in [-0.25, -0.2) is 30.6 Å². The Labute approximate surface area is 247 Å². The fourth-order valence-electron chi connectivity index (χ4n) is 6.03. The number of nitrogens with zero attached hydrogens (tertiary/aromatic N) is 5. The summed E-state index contributed by atoms with van der Waals surface area (Å²) < 4.78 is 80.7. The van der Waals surface area contributed by atoms with Crippen molar-refractivity contribution in [2.24, 2.45) is 11.1 Å². The van der Waals surface area contributed by atoms with Crippen molar-refractivity contribution in [3.8, 4) is 11.3 Å². The zero-order chi connectivity index (χ0) is 31.1. The molecule has 0 bridgehead atoms. The van der Waals surface area contributed by atoms with Crippen molar-refractivity contribution in [1.82, 2.24) is 19.3 Å². The highest BCUT2D eigenvalue weighted by molar-refractivity contribution is 7.89. The summed E-state index contributed by atoms with van der Waals surface area (Å²) in [7, 11) is -1.89. The van der Waals surface area contributed by atoms with Crippen LogP contribution >= 0.6 is 0 Å². The highest BCUT2D eigenvalue weighted by atomic mass is 32.2. The Morgan fingerprint density at radius 2 is 1.81 bits per heavy atom. The maximum atomic E-state index is 13.8. The van der Waals surface area contributed by atoms with Crippen molar-refractivity contribution >= 4 is 15.7 Å². The minimum absolute atomic E-state index is 0.0350. The van der Waals surface area contributed by atoms with Gasteiger partial charge in [0, 0.05) is 44.5 Å². The van der Waals surface area contributed by atoms with Crippen LogP contribution in [0.3, 0.4) is 0 Å². The SMILES string of the molecule is CO[C@@H]1[C@@H](n2cc(-c3cc(F)c(F)c(F)c3)nn2)[C@@H](O)[C@@H](CO)O[C@@H]1C[C@H]1CC(C2CCN(S(=O)(=O)C(C)C)CC2)=NO1. The fourth-order valence-corrected chi connectivity index (χ4v) is 7.35. The number of hydrogen-bond donors (Lipinski definition) is 2. The summed E-state index contributed by atoms with van der Waals surface area (Å²) in [5, 5.41) is 32.9. The van der Waals surface area contributed by atoms with E-state index in [4.69, 9.17) is 14.3 Å². The lowest BCUT2D eigenvalue weighted by atomic mass is 9.87. The van der Waals surface area contributed by atoms with Crippen molar-refractivity contribution in [2.45, 2.75) is 81.3 Å². The van der Waals surface area contributed by atoms with Crippen LogP contribution in [0.4, 0.5) is 13.2 Å². The average Bonchev–Trinajstić information content (AvgIpc) is 3.66. The van der Waals surface area contributed by atoms with Gasteiger partial charge in [-0.3, -0.25) is 0 Å². The Morgan fingerprint density at radius 1 is 1.14 bits per heavy atom. The summed E-state index contributed by atoms with van der Waals surface area (Å²) in [4.78, 5) is 5.74. The molecule has 2 aromatic rings. The molecule has 2 N–H and O–H groups in total. The number of ether oxygens (including phenoxy) is 2. The molecule has 0 unspecified atom stereocenters. The topological polar surface area (TPSA) is 149 Å². The molecule has 5 rings (SSSR count). The summed E-state index contributed by atoms with van der Waals surface area (Å²) in [5.74, 6) is -4.27. The largest absolute Gasteiger partial charge is 0.394 e. The molecule has 0 saturated carbocycles. The van der Waals surface area contributed by atoms with Crippen LogP contribution < -0.4 is 0 Å². The van der Waals surface area contributed by atoms with Gasteiger partial charge in [-0.2, -0.15) is 0 Å².